The highest BCUT2D eigenvalue weighted by molar-refractivity contribution is 7.98. The highest BCUT2D eigenvalue weighted by atomic mass is 35.5. The number of thioether (sulfide) groups is 1. The summed E-state index contributed by atoms with van der Waals surface area (Å²) in [6.07, 6.45) is 2.22. The summed E-state index contributed by atoms with van der Waals surface area (Å²) in [5.74, 6) is 1.91. The van der Waals surface area contributed by atoms with Crippen molar-refractivity contribution >= 4 is 35.3 Å². The highest BCUT2D eigenvalue weighted by Crippen LogP contribution is 2.28. The summed E-state index contributed by atoms with van der Waals surface area (Å²) in [7, 11) is 0. The Hall–Kier alpha value is -2.43. The molecule has 1 fully saturated rings. The van der Waals surface area contributed by atoms with Crippen molar-refractivity contribution in [1.82, 2.24) is 29.7 Å². The van der Waals surface area contributed by atoms with Crippen molar-refractivity contribution in [2.45, 2.75) is 36.4 Å². The van der Waals surface area contributed by atoms with Crippen molar-refractivity contribution in [3.8, 4) is 11.4 Å². The summed E-state index contributed by atoms with van der Waals surface area (Å²) < 4.78 is 7.88. The van der Waals surface area contributed by atoms with E-state index in [-0.39, 0.29) is 18.0 Å². The summed E-state index contributed by atoms with van der Waals surface area (Å²) in [5.41, 5.74) is 12.2. The Morgan fingerprint density at radius 2 is 1.86 bits per heavy atom. The van der Waals surface area contributed by atoms with Gasteiger partial charge in [0.15, 0.2) is 11.0 Å². The molecule has 0 spiro atoms. The van der Waals surface area contributed by atoms with Crippen molar-refractivity contribution in [3.05, 3.63) is 35.1 Å². The van der Waals surface area contributed by atoms with E-state index < -0.39 is 0 Å². The Morgan fingerprint density at radius 1 is 1.11 bits per heavy atom. The second-order valence-electron chi connectivity index (χ2n) is 6.32. The lowest BCUT2D eigenvalue weighted by atomic mass is 10.2. The zero-order chi connectivity index (χ0) is 19.5. The van der Waals surface area contributed by atoms with E-state index in [1.807, 2.05) is 24.3 Å². The number of nitrogen functional groups attached to an aromatic ring is 2. The number of aromatic nitrogens is 6. The zero-order valence-electron chi connectivity index (χ0n) is 15.0. The molecule has 4 rings (SSSR count). The molecular weight excluding hydrogens is 400 g/mol. The van der Waals surface area contributed by atoms with E-state index in [0.717, 1.165) is 36.0 Å². The molecule has 0 unspecified atom stereocenters. The monoisotopic (exact) mass is 418 g/mol. The van der Waals surface area contributed by atoms with Gasteiger partial charge in [-0.2, -0.15) is 15.0 Å². The number of hydrogen-bond acceptors (Lipinski definition) is 9. The molecule has 0 bridgehead atoms. The quantitative estimate of drug-likeness (QED) is 0.579. The van der Waals surface area contributed by atoms with Crippen LogP contribution in [0.2, 0.25) is 5.02 Å². The average molecular weight is 419 g/mol. The fraction of sp³-hybridized carbons (Fsp3) is 0.353. The van der Waals surface area contributed by atoms with Crippen LogP contribution in [0.15, 0.2) is 29.4 Å². The first-order chi connectivity index (χ1) is 13.6. The molecule has 2 aromatic heterocycles. The van der Waals surface area contributed by atoms with Crippen LogP contribution in [0.4, 0.5) is 11.9 Å². The number of benzene rings is 1. The number of anilines is 2. The minimum atomic E-state index is 0.103. The molecule has 0 amide bonds. The number of rotatable bonds is 6. The topological polar surface area (TPSA) is 131 Å². The summed E-state index contributed by atoms with van der Waals surface area (Å²) in [5, 5.41) is 10.2. The summed E-state index contributed by atoms with van der Waals surface area (Å²) >= 11 is 7.48. The molecule has 1 atom stereocenters. The summed E-state index contributed by atoms with van der Waals surface area (Å²) in [4.78, 5) is 12.0. The van der Waals surface area contributed by atoms with Crippen molar-refractivity contribution in [1.29, 1.82) is 0 Å². The van der Waals surface area contributed by atoms with E-state index in [4.69, 9.17) is 27.8 Å². The van der Waals surface area contributed by atoms with Gasteiger partial charge in [-0.3, -0.25) is 4.57 Å². The molecule has 0 aliphatic carbocycles. The fourth-order valence-electron chi connectivity index (χ4n) is 3.02. The summed E-state index contributed by atoms with van der Waals surface area (Å²) in [6.45, 7) is 1.46. The number of nitrogens with zero attached hydrogens (tertiary/aromatic N) is 6. The van der Waals surface area contributed by atoms with Crippen molar-refractivity contribution < 1.29 is 4.74 Å². The first kappa shape index (κ1) is 18.9. The van der Waals surface area contributed by atoms with Crippen LogP contribution in [0.5, 0.6) is 0 Å². The van der Waals surface area contributed by atoms with Gasteiger partial charge in [-0.15, -0.1) is 10.2 Å². The second-order valence-corrected chi connectivity index (χ2v) is 7.69. The van der Waals surface area contributed by atoms with Gasteiger partial charge in [0.25, 0.3) is 0 Å². The minimum absolute atomic E-state index is 0.103. The SMILES string of the molecule is Nc1nc(N)nc(CSc2nnc(-c3ccc(Cl)cc3)n2C[C@H]2CCCO2)n1. The largest absolute Gasteiger partial charge is 0.376 e. The lowest BCUT2D eigenvalue weighted by molar-refractivity contribution is 0.0953. The Morgan fingerprint density at radius 3 is 2.54 bits per heavy atom. The standard InChI is InChI=1S/C17H19ClN8OS/c18-11-5-3-10(4-6-11)14-24-25-17(26(14)8-12-2-1-7-27-12)28-9-13-21-15(19)23-16(20)22-13/h3-6,12H,1-2,7-9H2,(H4,19,20,21,22,23)/t12-/m1/s1. The molecule has 3 aromatic rings. The normalized spacial score (nSPS) is 16.5. The van der Waals surface area contributed by atoms with E-state index in [0.29, 0.717) is 23.1 Å². The van der Waals surface area contributed by atoms with Crippen LogP contribution in [-0.2, 0) is 17.0 Å². The molecular formula is C17H19ClN8OS. The van der Waals surface area contributed by atoms with Crippen LogP contribution < -0.4 is 11.5 Å². The predicted molar refractivity (Wildman–Crippen MR) is 108 cm³/mol. The van der Waals surface area contributed by atoms with Gasteiger partial charge in [-0.25, -0.2) is 0 Å². The average Bonchev–Trinajstić information content (AvgIpc) is 3.31. The Labute approximate surface area is 170 Å². The van der Waals surface area contributed by atoms with Gasteiger partial charge in [0, 0.05) is 17.2 Å². The van der Waals surface area contributed by atoms with Crippen LogP contribution in [0.3, 0.4) is 0 Å². The van der Waals surface area contributed by atoms with Gasteiger partial charge in [0.2, 0.25) is 11.9 Å². The molecule has 11 heteroatoms. The summed E-state index contributed by atoms with van der Waals surface area (Å²) in [6, 6.07) is 7.54. The van der Waals surface area contributed by atoms with Crippen LogP contribution in [-0.4, -0.2) is 42.4 Å². The third kappa shape index (κ3) is 4.34. The fourth-order valence-corrected chi connectivity index (χ4v) is 3.94. The lowest BCUT2D eigenvalue weighted by Gasteiger charge is -2.14. The highest BCUT2D eigenvalue weighted by Gasteiger charge is 2.22. The lowest BCUT2D eigenvalue weighted by Crippen LogP contribution is -2.16. The Balaban J connectivity index is 1.61. The Kier molecular flexibility index (Phi) is 5.60. The maximum Gasteiger partial charge on any atom is 0.225 e. The van der Waals surface area contributed by atoms with Gasteiger partial charge in [-0.1, -0.05) is 23.4 Å². The number of hydrogen-bond donors (Lipinski definition) is 2. The van der Waals surface area contributed by atoms with Gasteiger partial charge in [0.1, 0.15) is 5.82 Å². The molecule has 1 aliphatic heterocycles. The van der Waals surface area contributed by atoms with Crippen molar-refractivity contribution in [2.75, 3.05) is 18.1 Å². The molecule has 1 aromatic carbocycles. The smallest absolute Gasteiger partial charge is 0.225 e. The van der Waals surface area contributed by atoms with Gasteiger partial charge in [0.05, 0.1) is 18.4 Å². The van der Waals surface area contributed by atoms with Crippen molar-refractivity contribution in [2.24, 2.45) is 0 Å². The zero-order valence-corrected chi connectivity index (χ0v) is 16.5. The minimum Gasteiger partial charge on any atom is -0.376 e. The molecule has 9 nitrogen and oxygen atoms in total. The van der Waals surface area contributed by atoms with Crippen LogP contribution in [0.25, 0.3) is 11.4 Å². The van der Waals surface area contributed by atoms with Crippen LogP contribution in [0, 0.1) is 0 Å². The maximum atomic E-state index is 6.02. The molecule has 0 radical (unpaired) electrons. The predicted octanol–water partition coefficient (Wildman–Crippen LogP) is 2.42. The molecule has 0 saturated carbocycles. The van der Waals surface area contributed by atoms with Gasteiger partial charge >= 0.3 is 0 Å². The van der Waals surface area contributed by atoms with Crippen LogP contribution in [0.1, 0.15) is 18.7 Å². The second kappa shape index (κ2) is 8.29. The van der Waals surface area contributed by atoms with Gasteiger partial charge < -0.3 is 16.2 Å². The number of nitrogens with two attached hydrogens (primary N) is 2. The number of ether oxygens (including phenoxy) is 1. The third-order valence-corrected chi connectivity index (χ3v) is 5.49. The van der Waals surface area contributed by atoms with Gasteiger partial charge in [-0.05, 0) is 37.1 Å². The Bertz CT molecular complexity index is 938. The number of halogens is 1. The van der Waals surface area contributed by atoms with Crippen molar-refractivity contribution in [3.63, 3.8) is 0 Å². The molecule has 146 valence electrons. The molecule has 28 heavy (non-hydrogen) atoms. The van der Waals surface area contributed by atoms with E-state index >= 15 is 0 Å². The van der Waals surface area contributed by atoms with E-state index in [2.05, 4.69) is 29.7 Å². The molecule has 1 saturated heterocycles. The van der Waals surface area contributed by atoms with E-state index in [1.165, 1.54) is 11.8 Å². The van der Waals surface area contributed by atoms with E-state index in [9.17, 15) is 0 Å². The first-order valence-corrected chi connectivity index (χ1v) is 10.1. The third-order valence-electron chi connectivity index (χ3n) is 4.28. The molecule has 3 heterocycles. The molecule has 1 aliphatic rings. The maximum absolute atomic E-state index is 6.02. The van der Waals surface area contributed by atoms with Crippen LogP contribution >= 0.6 is 23.4 Å². The molecule has 4 N–H and O–H groups in total. The van der Waals surface area contributed by atoms with E-state index in [1.54, 1.807) is 0 Å². The first-order valence-electron chi connectivity index (χ1n) is 8.78.